The average molecular weight is 272 g/mol. The van der Waals surface area contributed by atoms with Crippen molar-refractivity contribution < 1.29 is 14.3 Å². The van der Waals surface area contributed by atoms with E-state index < -0.39 is 6.10 Å². The number of carbonyl (C=O) groups is 1. The summed E-state index contributed by atoms with van der Waals surface area (Å²) in [5.74, 6) is -0.0660. The van der Waals surface area contributed by atoms with E-state index >= 15 is 0 Å². The van der Waals surface area contributed by atoms with Crippen LogP contribution >= 0.6 is 0 Å². The molecule has 3 atom stereocenters. The first kappa shape index (κ1) is 16.4. The Kier molecular flexibility index (Phi) is 6.23. The molecule has 19 heavy (non-hydrogen) atoms. The Morgan fingerprint density at radius 1 is 1.53 bits per heavy atom. The van der Waals surface area contributed by atoms with Crippen LogP contribution in [0.1, 0.15) is 41.0 Å². The molecule has 1 rings (SSSR count). The second-order valence-electron chi connectivity index (χ2n) is 5.93. The van der Waals surface area contributed by atoms with Crippen LogP contribution in [0.15, 0.2) is 0 Å². The summed E-state index contributed by atoms with van der Waals surface area (Å²) in [7, 11) is 0. The zero-order valence-corrected chi connectivity index (χ0v) is 12.8. The van der Waals surface area contributed by atoms with E-state index in [4.69, 9.17) is 9.47 Å². The van der Waals surface area contributed by atoms with Crippen LogP contribution in [0.25, 0.3) is 0 Å². The largest absolute Gasteiger partial charge is 0.370 e. The van der Waals surface area contributed by atoms with E-state index in [0.717, 1.165) is 19.5 Å². The first-order valence-corrected chi connectivity index (χ1v) is 7.14. The zero-order chi connectivity index (χ0) is 14.5. The quantitative estimate of drug-likeness (QED) is 0.759. The topological polar surface area (TPSA) is 59.6 Å². The number of carbonyl (C=O) groups excluding carboxylic acids is 1. The lowest BCUT2D eigenvalue weighted by atomic mass is 10.0. The van der Waals surface area contributed by atoms with Gasteiger partial charge >= 0.3 is 0 Å². The minimum atomic E-state index is -0.452. The van der Waals surface area contributed by atoms with Gasteiger partial charge in [0.05, 0.1) is 18.8 Å². The lowest BCUT2D eigenvalue weighted by molar-refractivity contribution is -0.138. The molecule has 3 unspecified atom stereocenters. The number of hydrogen-bond donors (Lipinski definition) is 2. The molecule has 0 aromatic carbocycles. The normalized spacial score (nSPS) is 25.9. The van der Waals surface area contributed by atoms with Crippen LogP contribution in [-0.4, -0.2) is 49.5 Å². The number of nitrogens with one attached hydrogen (secondary N) is 2. The third kappa shape index (κ3) is 5.89. The van der Waals surface area contributed by atoms with Gasteiger partial charge in [0, 0.05) is 18.6 Å². The van der Waals surface area contributed by atoms with E-state index in [1.807, 2.05) is 20.8 Å². The van der Waals surface area contributed by atoms with Gasteiger partial charge < -0.3 is 20.1 Å². The second kappa shape index (κ2) is 7.22. The molecule has 1 aliphatic rings. The van der Waals surface area contributed by atoms with E-state index in [0.29, 0.717) is 6.61 Å². The Labute approximate surface area is 116 Å². The first-order valence-electron chi connectivity index (χ1n) is 7.14. The van der Waals surface area contributed by atoms with Crippen molar-refractivity contribution in [1.29, 1.82) is 0 Å². The minimum absolute atomic E-state index is 0.0261. The van der Waals surface area contributed by atoms with Crippen LogP contribution in [0.4, 0.5) is 0 Å². The van der Waals surface area contributed by atoms with E-state index in [1.54, 1.807) is 6.92 Å². The molecular weight excluding hydrogens is 244 g/mol. The van der Waals surface area contributed by atoms with Gasteiger partial charge in [-0.2, -0.15) is 0 Å². The molecule has 0 radical (unpaired) electrons. The smallest absolute Gasteiger partial charge is 0.249 e. The molecule has 1 aliphatic heterocycles. The number of amides is 1. The summed E-state index contributed by atoms with van der Waals surface area (Å²) < 4.78 is 11.3. The van der Waals surface area contributed by atoms with Crippen LogP contribution in [0.3, 0.4) is 0 Å². The summed E-state index contributed by atoms with van der Waals surface area (Å²) >= 11 is 0. The van der Waals surface area contributed by atoms with Crippen LogP contribution in [0.5, 0.6) is 0 Å². The number of hydrogen-bond acceptors (Lipinski definition) is 4. The molecule has 0 aromatic heterocycles. The maximum absolute atomic E-state index is 12.0. The lowest BCUT2D eigenvalue weighted by Gasteiger charge is -2.30. The van der Waals surface area contributed by atoms with Crippen LogP contribution in [0, 0.1) is 0 Å². The van der Waals surface area contributed by atoms with Crippen molar-refractivity contribution in [2.75, 3.05) is 19.7 Å². The van der Waals surface area contributed by atoms with Gasteiger partial charge in [0.2, 0.25) is 5.91 Å². The number of morpholine rings is 1. The third-order valence-electron chi connectivity index (χ3n) is 3.48. The molecule has 112 valence electrons. The highest BCUT2D eigenvalue weighted by Crippen LogP contribution is 2.09. The molecule has 1 heterocycles. The predicted molar refractivity (Wildman–Crippen MR) is 75.1 cm³/mol. The number of rotatable bonds is 6. The van der Waals surface area contributed by atoms with Gasteiger partial charge in [0.25, 0.3) is 0 Å². The molecule has 2 N–H and O–H groups in total. The van der Waals surface area contributed by atoms with Gasteiger partial charge in [-0.1, -0.05) is 6.92 Å². The minimum Gasteiger partial charge on any atom is -0.370 e. The van der Waals surface area contributed by atoms with Gasteiger partial charge in [0.15, 0.2) is 0 Å². The van der Waals surface area contributed by atoms with Crippen molar-refractivity contribution in [1.82, 2.24) is 10.6 Å². The van der Waals surface area contributed by atoms with Crippen molar-refractivity contribution in [3.05, 3.63) is 0 Å². The van der Waals surface area contributed by atoms with Gasteiger partial charge in [0.1, 0.15) is 6.10 Å². The molecule has 5 heteroatoms. The highest BCUT2D eigenvalue weighted by atomic mass is 16.5. The van der Waals surface area contributed by atoms with Gasteiger partial charge in [-0.15, -0.1) is 0 Å². The summed E-state index contributed by atoms with van der Waals surface area (Å²) in [6.45, 7) is 12.0. The molecule has 0 saturated carbocycles. The van der Waals surface area contributed by atoms with Crippen molar-refractivity contribution in [2.45, 2.75) is 64.9 Å². The van der Waals surface area contributed by atoms with Crippen molar-refractivity contribution in [3.8, 4) is 0 Å². The zero-order valence-electron chi connectivity index (χ0n) is 12.8. The summed E-state index contributed by atoms with van der Waals surface area (Å²) in [6, 6.07) is 0. The van der Waals surface area contributed by atoms with E-state index in [1.165, 1.54) is 0 Å². The molecule has 0 aromatic rings. The average Bonchev–Trinajstić information content (AvgIpc) is 2.35. The Morgan fingerprint density at radius 3 is 2.79 bits per heavy atom. The Morgan fingerprint density at radius 2 is 2.21 bits per heavy atom. The number of ether oxygens (including phenoxy) is 2. The standard InChI is InChI=1S/C14H28N2O3/c1-6-14(4,5)16-13(17)11(3)18-9-12-8-15-7-10(2)19-12/h10-12,15H,6-9H2,1-5H3,(H,16,17). The highest BCUT2D eigenvalue weighted by molar-refractivity contribution is 5.81. The fourth-order valence-electron chi connectivity index (χ4n) is 1.82. The molecule has 1 amide bonds. The fourth-order valence-corrected chi connectivity index (χ4v) is 1.82. The first-order chi connectivity index (χ1) is 8.84. The Balaban J connectivity index is 2.30. The molecular formula is C14H28N2O3. The maximum Gasteiger partial charge on any atom is 0.249 e. The van der Waals surface area contributed by atoms with Crippen molar-refractivity contribution >= 4 is 5.91 Å². The predicted octanol–water partition coefficient (Wildman–Crippen LogP) is 1.07. The third-order valence-corrected chi connectivity index (χ3v) is 3.48. The van der Waals surface area contributed by atoms with Crippen LogP contribution in [0.2, 0.25) is 0 Å². The second-order valence-corrected chi connectivity index (χ2v) is 5.93. The highest BCUT2D eigenvalue weighted by Gasteiger charge is 2.24. The Bertz CT molecular complexity index is 294. The summed E-state index contributed by atoms with van der Waals surface area (Å²) in [5, 5.41) is 6.26. The molecule has 1 saturated heterocycles. The molecule has 5 nitrogen and oxygen atoms in total. The molecule has 0 bridgehead atoms. The van der Waals surface area contributed by atoms with E-state index in [9.17, 15) is 4.79 Å². The fraction of sp³-hybridized carbons (Fsp3) is 0.929. The molecule has 0 spiro atoms. The van der Waals surface area contributed by atoms with Gasteiger partial charge in [-0.05, 0) is 34.1 Å². The summed E-state index contributed by atoms with van der Waals surface area (Å²) in [5.41, 5.74) is -0.188. The van der Waals surface area contributed by atoms with Gasteiger partial charge in [-0.3, -0.25) is 4.79 Å². The maximum atomic E-state index is 12.0. The lowest BCUT2D eigenvalue weighted by Crippen LogP contribution is -2.49. The summed E-state index contributed by atoms with van der Waals surface area (Å²) in [6.07, 6.45) is 0.661. The Hall–Kier alpha value is -0.650. The van der Waals surface area contributed by atoms with Crippen LogP contribution in [-0.2, 0) is 14.3 Å². The SMILES string of the molecule is CCC(C)(C)NC(=O)C(C)OCC1CNCC(C)O1. The monoisotopic (exact) mass is 272 g/mol. The van der Waals surface area contributed by atoms with Crippen molar-refractivity contribution in [2.24, 2.45) is 0 Å². The molecule has 1 fully saturated rings. The van der Waals surface area contributed by atoms with E-state index in [2.05, 4.69) is 17.6 Å². The van der Waals surface area contributed by atoms with Gasteiger partial charge in [-0.25, -0.2) is 0 Å². The van der Waals surface area contributed by atoms with Crippen LogP contribution < -0.4 is 10.6 Å². The molecule has 0 aliphatic carbocycles. The van der Waals surface area contributed by atoms with Crippen molar-refractivity contribution in [3.63, 3.8) is 0 Å². The summed E-state index contributed by atoms with van der Waals surface area (Å²) in [4.78, 5) is 12.0. The van der Waals surface area contributed by atoms with E-state index in [-0.39, 0.29) is 23.7 Å².